The van der Waals surface area contributed by atoms with Crippen LogP contribution in [-0.2, 0) is 21.2 Å². The highest BCUT2D eigenvalue weighted by Crippen LogP contribution is 2.30. The lowest BCUT2D eigenvalue weighted by Gasteiger charge is -2.28. The molecule has 1 aliphatic carbocycles. The van der Waals surface area contributed by atoms with Crippen LogP contribution in [0.4, 0.5) is 5.69 Å². The first-order chi connectivity index (χ1) is 14.9. The van der Waals surface area contributed by atoms with E-state index in [0.717, 1.165) is 29.3 Å². The maximum absolute atomic E-state index is 13.4. The van der Waals surface area contributed by atoms with Gasteiger partial charge in [0.05, 0.1) is 16.6 Å². The number of rotatable bonds is 6. The summed E-state index contributed by atoms with van der Waals surface area (Å²) in [7, 11) is -3.91. The maximum atomic E-state index is 13.4. The Morgan fingerprint density at radius 1 is 0.968 bits per heavy atom. The summed E-state index contributed by atoms with van der Waals surface area (Å²) in [5.74, 6) is -0.330. The third-order valence-corrected chi connectivity index (χ3v) is 7.75. The van der Waals surface area contributed by atoms with Crippen LogP contribution < -0.4 is 9.62 Å². The van der Waals surface area contributed by atoms with E-state index in [2.05, 4.69) is 27.3 Å². The molecule has 0 bridgehead atoms. The van der Waals surface area contributed by atoms with Crippen molar-refractivity contribution in [1.29, 1.82) is 0 Å². The van der Waals surface area contributed by atoms with E-state index in [1.807, 2.05) is 18.2 Å². The van der Waals surface area contributed by atoms with E-state index in [0.29, 0.717) is 5.69 Å². The van der Waals surface area contributed by atoms with E-state index in [1.54, 1.807) is 42.5 Å². The zero-order valence-corrected chi connectivity index (χ0v) is 19.3. The number of amides is 1. The van der Waals surface area contributed by atoms with Crippen LogP contribution in [0.1, 0.15) is 30.0 Å². The summed E-state index contributed by atoms with van der Waals surface area (Å²) < 4.78 is 28.8. The lowest BCUT2D eigenvalue weighted by atomic mass is 9.88. The summed E-state index contributed by atoms with van der Waals surface area (Å²) in [6.45, 7) is -0.294. The second-order valence-corrected chi connectivity index (χ2v) is 10.3. The monoisotopic (exact) mass is 498 g/mol. The predicted molar refractivity (Wildman–Crippen MR) is 125 cm³/mol. The smallest absolute Gasteiger partial charge is 0.264 e. The van der Waals surface area contributed by atoms with E-state index < -0.39 is 10.0 Å². The summed E-state index contributed by atoms with van der Waals surface area (Å²) in [6, 6.07) is 23.1. The van der Waals surface area contributed by atoms with Gasteiger partial charge < -0.3 is 5.32 Å². The van der Waals surface area contributed by atoms with Gasteiger partial charge in [0.15, 0.2) is 0 Å². The Hall–Kier alpha value is -2.64. The quantitative estimate of drug-likeness (QED) is 0.528. The fourth-order valence-corrected chi connectivity index (χ4v) is 5.62. The number of fused-ring (bicyclic) bond motifs is 1. The van der Waals surface area contributed by atoms with Crippen molar-refractivity contribution in [3.8, 4) is 0 Å². The molecule has 1 atom stereocenters. The van der Waals surface area contributed by atoms with Gasteiger partial charge in [0.2, 0.25) is 5.91 Å². The summed E-state index contributed by atoms with van der Waals surface area (Å²) in [5, 5.41) is 3.06. The van der Waals surface area contributed by atoms with Crippen LogP contribution in [0, 0.1) is 0 Å². The average molecular weight is 499 g/mol. The second kappa shape index (κ2) is 9.24. The lowest BCUT2D eigenvalue weighted by Crippen LogP contribution is -2.42. The van der Waals surface area contributed by atoms with Gasteiger partial charge in [0, 0.05) is 4.47 Å². The first-order valence-electron chi connectivity index (χ1n) is 10.2. The standard InChI is InChI=1S/C24H23BrN2O3S/c25-19-13-15-20(16-14-19)27(31(29,30)21-9-2-1-3-10-21)17-24(28)26-23-12-6-8-18-7-4-5-11-22(18)23/h1-5,7,9-11,13-16,23H,6,8,12,17H2,(H,26,28)/t23-/m1/s1. The molecule has 5 nitrogen and oxygen atoms in total. The summed E-state index contributed by atoms with van der Waals surface area (Å²) in [5.41, 5.74) is 2.79. The van der Waals surface area contributed by atoms with Crippen LogP contribution in [0.3, 0.4) is 0 Å². The Balaban J connectivity index is 1.61. The molecule has 31 heavy (non-hydrogen) atoms. The van der Waals surface area contributed by atoms with E-state index in [9.17, 15) is 13.2 Å². The number of hydrogen-bond donors (Lipinski definition) is 1. The first kappa shape index (κ1) is 21.6. The molecule has 4 rings (SSSR count). The van der Waals surface area contributed by atoms with Crippen LogP contribution in [0.5, 0.6) is 0 Å². The summed E-state index contributed by atoms with van der Waals surface area (Å²) >= 11 is 3.37. The fourth-order valence-electron chi connectivity index (χ4n) is 3.92. The van der Waals surface area contributed by atoms with Gasteiger partial charge in [-0.25, -0.2) is 8.42 Å². The predicted octanol–water partition coefficient (Wildman–Crippen LogP) is 4.84. The third-order valence-electron chi connectivity index (χ3n) is 5.44. The van der Waals surface area contributed by atoms with Crippen molar-refractivity contribution in [2.24, 2.45) is 0 Å². The van der Waals surface area contributed by atoms with Crippen molar-refractivity contribution < 1.29 is 13.2 Å². The van der Waals surface area contributed by atoms with Gasteiger partial charge in [-0.2, -0.15) is 0 Å². The molecule has 1 amide bonds. The molecule has 0 radical (unpaired) electrons. The van der Waals surface area contributed by atoms with E-state index >= 15 is 0 Å². The second-order valence-electron chi connectivity index (χ2n) is 7.51. The largest absolute Gasteiger partial charge is 0.348 e. The molecule has 1 N–H and O–H groups in total. The molecule has 1 aliphatic rings. The molecule has 0 unspecified atom stereocenters. The Morgan fingerprint density at radius 2 is 1.65 bits per heavy atom. The number of nitrogens with zero attached hydrogens (tertiary/aromatic N) is 1. The van der Waals surface area contributed by atoms with Gasteiger partial charge in [-0.3, -0.25) is 9.10 Å². The molecule has 0 saturated carbocycles. The number of benzene rings is 3. The molecule has 160 valence electrons. The number of carbonyl (C=O) groups excluding carboxylic acids is 1. The first-order valence-corrected chi connectivity index (χ1v) is 12.4. The number of anilines is 1. The van der Waals surface area contributed by atoms with Gasteiger partial charge in [-0.05, 0) is 66.8 Å². The number of sulfonamides is 1. The van der Waals surface area contributed by atoms with E-state index in [4.69, 9.17) is 0 Å². The molecule has 0 heterocycles. The van der Waals surface area contributed by atoms with Crippen molar-refractivity contribution >= 4 is 37.5 Å². The Morgan fingerprint density at radius 3 is 2.39 bits per heavy atom. The summed E-state index contributed by atoms with van der Waals surface area (Å²) in [6.07, 6.45) is 2.82. The zero-order valence-electron chi connectivity index (χ0n) is 16.9. The Bertz CT molecular complexity index is 1160. The highest BCUT2D eigenvalue weighted by molar-refractivity contribution is 9.10. The van der Waals surface area contributed by atoms with Gasteiger partial charge in [-0.15, -0.1) is 0 Å². The molecule has 3 aromatic carbocycles. The molecular formula is C24H23BrN2O3S. The molecule has 7 heteroatoms. The van der Waals surface area contributed by atoms with E-state index in [1.165, 1.54) is 22.0 Å². The van der Waals surface area contributed by atoms with E-state index in [-0.39, 0.29) is 23.4 Å². The lowest BCUT2D eigenvalue weighted by molar-refractivity contribution is -0.120. The highest BCUT2D eigenvalue weighted by atomic mass is 79.9. The summed E-state index contributed by atoms with van der Waals surface area (Å²) in [4.78, 5) is 13.2. The number of nitrogens with one attached hydrogen (secondary N) is 1. The molecule has 3 aromatic rings. The minimum atomic E-state index is -3.91. The van der Waals surface area contributed by atoms with Crippen LogP contribution >= 0.6 is 15.9 Å². The van der Waals surface area contributed by atoms with Crippen LogP contribution in [0.25, 0.3) is 0 Å². The fraction of sp³-hybridized carbons (Fsp3) is 0.208. The number of hydrogen-bond acceptors (Lipinski definition) is 3. The Labute approximate surface area is 191 Å². The Kier molecular flexibility index (Phi) is 6.43. The number of carbonyl (C=O) groups is 1. The van der Waals surface area contributed by atoms with Gasteiger partial charge in [0.1, 0.15) is 6.54 Å². The number of halogens is 1. The highest BCUT2D eigenvalue weighted by Gasteiger charge is 2.29. The van der Waals surface area contributed by atoms with Crippen LogP contribution in [0.15, 0.2) is 88.2 Å². The molecule has 0 spiro atoms. The normalized spacial score (nSPS) is 15.7. The van der Waals surface area contributed by atoms with Crippen molar-refractivity contribution in [1.82, 2.24) is 5.32 Å². The van der Waals surface area contributed by atoms with Crippen molar-refractivity contribution in [3.05, 3.63) is 94.5 Å². The molecular weight excluding hydrogens is 476 g/mol. The average Bonchev–Trinajstić information content (AvgIpc) is 2.79. The minimum Gasteiger partial charge on any atom is -0.348 e. The van der Waals surface area contributed by atoms with Crippen molar-refractivity contribution in [2.45, 2.75) is 30.2 Å². The SMILES string of the molecule is O=C(CN(c1ccc(Br)cc1)S(=O)(=O)c1ccccc1)N[C@@H]1CCCc2ccccc21. The molecule has 0 saturated heterocycles. The van der Waals surface area contributed by atoms with Crippen LogP contribution in [0.2, 0.25) is 0 Å². The number of aryl methyl sites for hydroxylation is 1. The maximum Gasteiger partial charge on any atom is 0.264 e. The molecule has 0 aromatic heterocycles. The topological polar surface area (TPSA) is 66.5 Å². The van der Waals surface area contributed by atoms with Gasteiger partial charge in [-0.1, -0.05) is 58.4 Å². The van der Waals surface area contributed by atoms with Gasteiger partial charge in [0.25, 0.3) is 10.0 Å². The van der Waals surface area contributed by atoms with Crippen molar-refractivity contribution in [3.63, 3.8) is 0 Å². The minimum absolute atomic E-state index is 0.108. The van der Waals surface area contributed by atoms with Crippen LogP contribution in [-0.4, -0.2) is 20.9 Å². The zero-order chi connectivity index (χ0) is 21.8. The molecule has 0 aliphatic heterocycles. The van der Waals surface area contributed by atoms with Gasteiger partial charge >= 0.3 is 0 Å². The molecule has 0 fully saturated rings. The van der Waals surface area contributed by atoms with Crippen molar-refractivity contribution in [2.75, 3.05) is 10.8 Å². The third kappa shape index (κ3) is 4.83.